The van der Waals surface area contributed by atoms with E-state index in [2.05, 4.69) is 15.0 Å². The molecule has 3 rings (SSSR count). The molecule has 2 aromatic heterocycles. The van der Waals surface area contributed by atoms with Crippen LogP contribution in [0.25, 0.3) is 0 Å². The van der Waals surface area contributed by atoms with Crippen LogP contribution in [0.1, 0.15) is 47.6 Å². The monoisotopic (exact) mass is 395 g/mol. The van der Waals surface area contributed by atoms with Gasteiger partial charge in [0, 0.05) is 63.8 Å². The van der Waals surface area contributed by atoms with Gasteiger partial charge in [-0.05, 0) is 44.2 Å². The SMILES string of the molecule is Cc1ncc(C(=O)N2CCCC(CCC(=O)N(C)CCc3ccccn3)C2)cn1. The number of rotatable bonds is 7. The van der Waals surface area contributed by atoms with E-state index in [1.165, 1.54) is 0 Å². The number of pyridine rings is 1. The summed E-state index contributed by atoms with van der Waals surface area (Å²) in [5.41, 5.74) is 1.52. The lowest BCUT2D eigenvalue weighted by Gasteiger charge is -2.33. The fourth-order valence-corrected chi connectivity index (χ4v) is 3.64. The van der Waals surface area contributed by atoms with Crippen molar-refractivity contribution < 1.29 is 9.59 Å². The molecule has 29 heavy (non-hydrogen) atoms. The second kappa shape index (κ2) is 10.1. The third kappa shape index (κ3) is 6.07. The van der Waals surface area contributed by atoms with Crippen LogP contribution < -0.4 is 0 Å². The smallest absolute Gasteiger partial charge is 0.256 e. The van der Waals surface area contributed by atoms with Crippen LogP contribution in [0.3, 0.4) is 0 Å². The highest BCUT2D eigenvalue weighted by Gasteiger charge is 2.25. The molecule has 0 aromatic carbocycles. The molecular weight excluding hydrogens is 366 g/mol. The molecule has 154 valence electrons. The highest BCUT2D eigenvalue weighted by molar-refractivity contribution is 5.93. The number of amides is 2. The Kier molecular flexibility index (Phi) is 7.27. The molecule has 1 unspecified atom stereocenters. The van der Waals surface area contributed by atoms with E-state index in [0.717, 1.165) is 37.9 Å². The number of carbonyl (C=O) groups excluding carboxylic acids is 2. The van der Waals surface area contributed by atoms with E-state index in [9.17, 15) is 9.59 Å². The summed E-state index contributed by atoms with van der Waals surface area (Å²) in [4.78, 5) is 41.4. The molecule has 1 atom stereocenters. The third-order valence-corrected chi connectivity index (χ3v) is 5.46. The van der Waals surface area contributed by atoms with Gasteiger partial charge >= 0.3 is 0 Å². The Bertz CT molecular complexity index is 810. The molecule has 0 saturated carbocycles. The van der Waals surface area contributed by atoms with E-state index in [-0.39, 0.29) is 11.8 Å². The average molecular weight is 396 g/mol. The lowest BCUT2D eigenvalue weighted by atomic mass is 9.93. The van der Waals surface area contributed by atoms with Gasteiger partial charge in [-0.15, -0.1) is 0 Å². The highest BCUT2D eigenvalue weighted by atomic mass is 16.2. The van der Waals surface area contributed by atoms with Gasteiger partial charge in [-0.2, -0.15) is 0 Å². The summed E-state index contributed by atoms with van der Waals surface area (Å²) >= 11 is 0. The molecular formula is C22H29N5O2. The number of hydrogen-bond acceptors (Lipinski definition) is 5. The molecule has 2 amide bonds. The largest absolute Gasteiger partial charge is 0.345 e. The van der Waals surface area contributed by atoms with Crippen molar-refractivity contribution in [3.8, 4) is 0 Å². The number of piperidine rings is 1. The minimum absolute atomic E-state index is 0.0199. The van der Waals surface area contributed by atoms with Crippen molar-refractivity contribution in [2.45, 2.75) is 39.0 Å². The molecule has 1 fully saturated rings. The van der Waals surface area contributed by atoms with Crippen molar-refractivity contribution >= 4 is 11.8 Å². The molecule has 0 bridgehead atoms. The first-order valence-electron chi connectivity index (χ1n) is 10.2. The zero-order valence-electron chi connectivity index (χ0n) is 17.3. The Morgan fingerprint density at radius 2 is 2.00 bits per heavy atom. The molecule has 7 nitrogen and oxygen atoms in total. The standard InChI is InChI=1S/C22H29N5O2/c1-17-24-14-19(15-25-17)22(29)27-12-5-6-18(16-27)8-9-21(28)26(2)13-10-20-7-3-4-11-23-20/h3-4,7,11,14-15,18H,5-6,8-10,12-13,16H2,1-2H3. The predicted molar refractivity (Wildman–Crippen MR) is 110 cm³/mol. The van der Waals surface area contributed by atoms with Crippen LogP contribution in [-0.4, -0.2) is 63.2 Å². The molecule has 1 aliphatic heterocycles. The number of likely N-dealkylation sites (N-methyl/N-ethyl adjacent to an activating group) is 1. The van der Waals surface area contributed by atoms with Crippen LogP contribution >= 0.6 is 0 Å². The van der Waals surface area contributed by atoms with Gasteiger partial charge in [0.25, 0.3) is 5.91 Å². The Morgan fingerprint density at radius 3 is 2.72 bits per heavy atom. The van der Waals surface area contributed by atoms with Gasteiger partial charge in [0.2, 0.25) is 5.91 Å². The molecule has 2 aromatic rings. The Morgan fingerprint density at radius 1 is 1.21 bits per heavy atom. The van der Waals surface area contributed by atoms with Crippen molar-refractivity contribution in [3.05, 3.63) is 53.9 Å². The van der Waals surface area contributed by atoms with Gasteiger partial charge in [-0.3, -0.25) is 14.6 Å². The summed E-state index contributed by atoms with van der Waals surface area (Å²) < 4.78 is 0. The van der Waals surface area contributed by atoms with E-state index < -0.39 is 0 Å². The Balaban J connectivity index is 1.44. The lowest BCUT2D eigenvalue weighted by Crippen LogP contribution is -2.40. The first-order valence-corrected chi connectivity index (χ1v) is 10.2. The summed E-state index contributed by atoms with van der Waals surface area (Å²) in [6.45, 7) is 3.91. The maximum absolute atomic E-state index is 12.7. The normalized spacial score (nSPS) is 16.5. The maximum atomic E-state index is 12.7. The van der Waals surface area contributed by atoms with Gasteiger partial charge in [0.1, 0.15) is 5.82 Å². The minimum Gasteiger partial charge on any atom is -0.345 e. The summed E-state index contributed by atoms with van der Waals surface area (Å²) in [5, 5.41) is 0. The molecule has 1 saturated heterocycles. The van der Waals surface area contributed by atoms with E-state index in [1.54, 1.807) is 30.4 Å². The molecule has 0 N–H and O–H groups in total. The van der Waals surface area contributed by atoms with Gasteiger partial charge in [0.05, 0.1) is 5.56 Å². The summed E-state index contributed by atoms with van der Waals surface area (Å²) in [7, 11) is 1.85. The van der Waals surface area contributed by atoms with Crippen LogP contribution in [-0.2, 0) is 11.2 Å². The fourth-order valence-electron chi connectivity index (χ4n) is 3.64. The summed E-state index contributed by atoms with van der Waals surface area (Å²) in [6.07, 6.45) is 9.05. The van der Waals surface area contributed by atoms with Crippen molar-refractivity contribution in [1.82, 2.24) is 24.8 Å². The van der Waals surface area contributed by atoms with E-state index >= 15 is 0 Å². The van der Waals surface area contributed by atoms with E-state index in [4.69, 9.17) is 0 Å². The molecule has 0 radical (unpaired) electrons. The van der Waals surface area contributed by atoms with Gasteiger partial charge in [-0.1, -0.05) is 6.07 Å². The van der Waals surface area contributed by atoms with Crippen molar-refractivity contribution in [1.29, 1.82) is 0 Å². The topological polar surface area (TPSA) is 79.3 Å². The van der Waals surface area contributed by atoms with Crippen molar-refractivity contribution in [3.63, 3.8) is 0 Å². The molecule has 0 spiro atoms. The quantitative estimate of drug-likeness (QED) is 0.720. The van der Waals surface area contributed by atoms with Gasteiger partial charge in [0.15, 0.2) is 0 Å². The first-order chi connectivity index (χ1) is 14.0. The molecule has 1 aliphatic rings. The zero-order valence-corrected chi connectivity index (χ0v) is 17.3. The lowest BCUT2D eigenvalue weighted by molar-refractivity contribution is -0.130. The van der Waals surface area contributed by atoms with Crippen LogP contribution in [0.5, 0.6) is 0 Å². The number of hydrogen-bond donors (Lipinski definition) is 0. The number of likely N-dealkylation sites (tertiary alicyclic amines) is 1. The van der Waals surface area contributed by atoms with Crippen molar-refractivity contribution in [2.75, 3.05) is 26.7 Å². The molecule has 0 aliphatic carbocycles. The maximum Gasteiger partial charge on any atom is 0.256 e. The number of nitrogens with zero attached hydrogens (tertiary/aromatic N) is 5. The first kappa shape index (κ1) is 20.9. The van der Waals surface area contributed by atoms with Crippen molar-refractivity contribution in [2.24, 2.45) is 5.92 Å². The van der Waals surface area contributed by atoms with Crippen LogP contribution in [0.15, 0.2) is 36.8 Å². The van der Waals surface area contributed by atoms with Crippen LogP contribution in [0.2, 0.25) is 0 Å². The fraction of sp³-hybridized carbons (Fsp3) is 0.500. The van der Waals surface area contributed by atoms with Crippen LogP contribution in [0.4, 0.5) is 0 Å². The minimum atomic E-state index is -0.0199. The number of aryl methyl sites for hydroxylation is 1. The molecule has 7 heteroatoms. The number of carbonyl (C=O) groups is 2. The number of aromatic nitrogens is 3. The molecule has 3 heterocycles. The highest BCUT2D eigenvalue weighted by Crippen LogP contribution is 2.22. The second-order valence-corrected chi connectivity index (χ2v) is 7.70. The third-order valence-electron chi connectivity index (χ3n) is 5.46. The van der Waals surface area contributed by atoms with Crippen LogP contribution in [0, 0.1) is 12.8 Å². The predicted octanol–water partition coefficient (Wildman–Crippen LogP) is 2.51. The Hall–Kier alpha value is -2.83. The summed E-state index contributed by atoms with van der Waals surface area (Å²) in [6, 6.07) is 5.83. The van der Waals surface area contributed by atoms with Gasteiger partial charge < -0.3 is 9.80 Å². The van der Waals surface area contributed by atoms with Gasteiger partial charge in [-0.25, -0.2) is 9.97 Å². The van der Waals surface area contributed by atoms with E-state index in [0.29, 0.717) is 36.8 Å². The zero-order chi connectivity index (χ0) is 20.6. The Labute approximate surface area is 172 Å². The average Bonchev–Trinajstić information content (AvgIpc) is 2.76. The van der Waals surface area contributed by atoms with E-state index in [1.807, 2.05) is 30.1 Å². The second-order valence-electron chi connectivity index (χ2n) is 7.70. The summed E-state index contributed by atoms with van der Waals surface area (Å²) in [5.74, 6) is 1.14.